The molecule has 0 spiro atoms. The normalized spacial score (nSPS) is 11.7. The van der Waals surface area contributed by atoms with E-state index < -0.39 is 11.8 Å². The number of benzene rings is 1. The molecule has 0 aliphatic heterocycles. The second kappa shape index (κ2) is 5.98. The van der Waals surface area contributed by atoms with E-state index in [1.165, 1.54) is 0 Å². The maximum atomic E-state index is 12.0. The van der Waals surface area contributed by atoms with E-state index in [2.05, 4.69) is 10.2 Å². The zero-order valence-electron chi connectivity index (χ0n) is 11.7. The predicted octanol–water partition coefficient (Wildman–Crippen LogP) is 1.82. The van der Waals surface area contributed by atoms with Gasteiger partial charge in [0.05, 0.1) is 19.2 Å². The van der Waals surface area contributed by atoms with Crippen molar-refractivity contribution in [2.24, 2.45) is 5.92 Å². The third-order valence-electron chi connectivity index (χ3n) is 3.41. The first kappa shape index (κ1) is 14.4. The van der Waals surface area contributed by atoms with Crippen molar-refractivity contribution in [2.75, 3.05) is 7.11 Å². The first-order valence-electron chi connectivity index (χ1n) is 6.32. The predicted molar refractivity (Wildman–Crippen MR) is 75.7 cm³/mol. The van der Waals surface area contributed by atoms with Gasteiger partial charge in [-0.15, -0.1) is 0 Å². The minimum atomic E-state index is -0.950. The van der Waals surface area contributed by atoms with E-state index in [4.69, 9.17) is 4.74 Å². The third kappa shape index (κ3) is 2.65. The number of hydrogen-bond donors (Lipinski definition) is 2. The molecule has 1 aromatic heterocycles. The number of nitrogens with zero attached hydrogens (tertiary/aromatic N) is 2. The van der Waals surface area contributed by atoms with Gasteiger partial charge in [0.2, 0.25) is 0 Å². The fourth-order valence-electron chi connectivity index (χ4n) is 2.34. The number of nitrogens with one attached hydrogen (secondary N) is 2. The van der Waals surface area contributed by atoms with Gasteiger partial charge in [0.1, 0.15) is 11.7 Å². The number of ether oxygens (including phenoxy) is 1. The summed E-state index contributed by atoms with van der Waals surface area (Å²) >= 11 is 0. The molecule has 0 saturated carbocycles. The standard InChI is InChI=1S/C15H14N4O2/c1-9-13(15(20)19-18-9)14(11(7-16)8-17)10-3-5-12(21-2)6-4-10/h3-6,11,14H,1-2H3,(H2,18,19,20). The number of aryl methyl sites for hydroxylation is 1. The van der Waals surface area contributed by atoms with Crippen LogP contribution in [0.2, 0.25) is 0 Å². The van der Waals surface area contributed by atoms with Crippen molar-refractivity contribution in [1.82, 2.24) is 10.2 Å². The van der Waals surface area contributed by atoms with Gasteiger partial charge in [-0.1, -0.05) is 12.1 Å². The van der Waals surface area contributed by atoms with Crippen LogP contribution in [0.15, 0.2) is 29.1 Å². The monoisotopic (exact) mass is 282 g/mol. The maximum Gasteiger partial charge on any atom is 0.268 e. The molecule has 0 saturated heterocycles. The molecule has 1 heterocycles. The molecule has 0 aliphatic rings. The van der Waals surface area contributed by atoms with Gasteiger partial charge in [-0.05, 0) is 24.6 Å². The summed E-state index contributed by atoms with van der Waals surface area (Å²) in [7, 11) is 1.56. The van der Waals surface area contributed by atoms with Crippen molar-refractivity contribution in [2.45, 2.75) is 12.8 Å². The van der Waals surface area contributed by atoms with Crippen molar-refractivity contribution in [3.8, 4) is 17.9 Å². The molecule has 6 nitrogen and oxygen atoms in total. The van der Waals surface area contributed by atoms with E-state index in [9.17, 15) is 15.3 Å². The van der Waals surface area contributed by atoms with Gasteiger partial charge in [0, 0.05) is 17.2 Å². The highest BCUT2D eigenvalue weighted by Gasteiger charge is 2.29. The van der Waals surface area contributed by atoms with E-state index in [1.807, 2.05) is 12.1 Å². The zero-order valence-corrected chi connectivity index (χ0v) is 11.7. The van der Waals surface area contributed by atoms with Crippen molar-refractivity contribution in [3.63, 3.8) is 0 Å². The van der Waals surface area contributed by atoms with Gasteiger partial charge < -0.3 is 9.84 Å². The van der Waals surface area contributed by atoms with Crippen LogP contribution < -0.4 is 10.3 Å². The Labute approximate surface area is 121 Å². The first-order chi connectivity index (χ1) is 10.1. The minimum absolute atomic E-state index is 0.316. The Bertz CT molecular complexity index is 745. The van der Waals surface area contributed by atoms with E-state index in [0.717, 1.165) is 5.56 Å². The van der Waals surface area contributed by atoms with Crippen molar-refractivity contribution in [3.05, 3.63) is 51.4 Å². The number of hydrogen-bond acceptors (Lipinski definition) is 4. The number of H-pyrrole nitrogens is 2. The lowest BCUT2D eigenvalue weighted by Gasteiger charge is -2.17. The molecule has 0 aliphatic carbocycles. The third-order valence-corrected chi connectivity index (χ3v) is 3.41. The number of aromatic amines is 2. The zero-order chi connectivity index (χ0) is 15.4. The largest absolute Gasteiger partial charge is 0.497 e. The second-order valence-electron chi connectivity index (χ2n) is 4.60. The first-order valence-corrected chi connectivity index (χ1v) is 6.32. The van der Waals surface area contributed by atoms with E-state index in [-0.39, 0.29) is 5.56 Å². The molecule has 1 aromatic carbocycles. The summed E-state index contributed by atoms with van der Waals surface area (Å²) in [5.41, 5.74) is 1.44. The minimum Gasteiger partial charge on any atom is -0.497 e. The average molecular weight is 282 g/mol. The van der Waals surface area contributed by atoms with Gasteiger partial charge >= 0.3 is 0 Å². The van der Waals surface area contributed by atoms with Gasteiger partial charge in [0.15, 0.2) is 0 Å². The van der Waals surface area contributed by atoms with Crippen LogP contribution in [0.1, 0.15) is 22.7 Å². The van der Waals surface area contributed by atoms with Crippen LogP contribution in [0.25, 0.3) is 0 Å². The Balaban J connectivity index is 2.59. The van der Waals surface area contributed by atoms with Crippen LogP contribution in [0, 0.1) is 35.5 Å². The molecule has 21 heavy (non-hydrogen) atoms. The van der Waals surface area contributed by atoms with E-state index in [1.54, 1.807) is 38.3 Å². The highest BCUT2D eigenvalue weighted by molar-refractivity contribution is 5.40. The quantitative estimate of drug-likeness (QED) is 0.892. The number of nitriles is 2. The van der Waals surface area contributed by atoms with Crippen LogP contribution in [-0.4, -0.2) is 17.3 Å². The van der Waals surface area contributed by atoms with Crippen molar-refractivity contribution >= 4 is 0 Å². The lowest BCUT2D eigenvalue weighted by molar-refractivity contribution is 0.414. The molecule has 6 heteroatoms. The van der Waals surface area contributed by atoms with Crippen LogP contribution in [0.3, 0.4) is 0 Å². The molecule has 1 atom stereocenters. The van der Waals surface area contributed by atoms with Crippen molar-refractivity contribution in [1.29, 1.82) is 10.5 Å². The molecular formula is C15H14N4O2. The van der Waals surface area contributed by atoms with E-state index in [0.29, 0.717) is 17.0 Å². The molecular weight excluding hydrogens is 268 g/mol. The molecule has 2 aromatic rings. The Morgan fingerprint density at radius 2 is 1.76 bits per heavy atom. The van der Waals surface area contributed by atoms with Crippen LogP contribution >= 0.6 is 0 Å². The number of rotatable bonds is 4. The summed E-state index contributed by atoms with van der Waals surface area (Å²) in [6.07, 6.45) is 0. The SMILES string of the molecule is COc1ccc(C(c2c(C)[nH][nH]c2=O)C(C#N)C#N)cc1. The van der Waals surface area contributed by atoms with Crippen molar-refractivity contribution < 1.29 is 4.74 Å². The van der Waals surface area contributed by atoms with E-state index >= 15 is 0 Å². The molecule has 0 amide bonds. The highest BCUT2D eigenvalue weighted by atomic mass is 16.5. The molecule has 0 radical (unpaired) electrons. The smallest absolute Gasteiger partial charge is 0.268 e. The summed E-state index contributed by atoms with van der Waals surface area (Å²) in [6, 6.07) is 10.9. The molecule has 1 unspecified atom stereocenters. The topological polar surface area (TPSA) is 105 Å². The maximum absolute atomic E-state index is 12.0. The number of methoxy groups -OCH3 is 1. The summed E-state index contributed by atoms with van der Waals surface area (Å²) in [5, 5.41) is 23.7. The van der Waals surface area contributed by atoms with Crippen LogP contribution in [-0.2, 0) is 0 Å². The van der Waals surface area contributed by atoms with Gasteiger partial charge in [-0.3, -0.25) is 9.89 Å². The summed E-state index contributed by atoms with van der Waals surface area (Å²) in [4.78, 5) is 12.0. The Kier molecular flexibility index (Phi) is 4.10. The summed E-state index contributed by atoms with van der Waals surface area (Å²) < 4.78 is 5.10. The second-order valence-corrected chi connectivity index (χ2v) is 4.60. The summed E-state index contributed by atoms with van der Waals surface area (Å²) in [5.74, 6) is -0.891. The van der Waals surface area contributed by atoms with Crippen LogP contribution in [0.5, 0.6) is 5.75 Å². The lowest BCUT2D eigenvalue weighted by Crippen LogP contribution is -2.19. The lowest BCUT2D eigenvalue weighted by atomic mass is 9.82. The molecule has 2 rings (SSSR count). The fourth-order valence-corrected chi connectivity index (χ4v) is 2.34. The fraction of sp³-hybridized carbons (Fsp3) is 0.267. The van der Waals surface area contributed by atoms with Gasteiger partial charge in [0.25, 0.3) is 5.56 Å². The Morgan fingerprint density at radius 3 is 2.19 bits per heavy atom. The molecule has 2 N–H and O–H groups in total. The average Bonchev–Trinajstić information content (AvgIpc) is 2.84. The molecule has 106 valence electrons. The molecule has 0 fully saturated rings. The number of aromatic nitrogens is 2. The van der Waals surface area contributed by atoms with Gasteiger partial charge in [-0.25, -0.2) is 0 Å². The molecule has 0 bridgehead atoms. The Hall–Kier alpha value is -2.99. The summed E-state index contributed by atoms with van der Waals surface area (Å²) in [6.45, 7) is 1.73. The highest BCUT2D eigenvalue weighted by Crippen LogP contribution is 2.32. The van der Waals surface area contributed by atoms with Gasteiger partial charge in [-0.2, -0.15) is 10.5 Å². The Morgan fingerprint density at radius 1 is 1.14 bits per heavy atom. The van der Waals surface area contributed by atoms with Crippen LogP contribution in [0.4, 0.5) is 0 Å².